The van der Waals surface area contributed by atoms with Crippen molar-refractivity contribution in [3.05, 3.63) is 28.3 Å². The standard InChI is InChI=1S/C10H8N2O6/c1-10(9(14)15)8(13)11-6-4-5(12(16)17)2-3-7(6)18-10/h2-4H,1H3,(H,11,13)(H,14,15)/t10-/m0/s1. The van der Waals surface area contributed by atoms with Crippen LogP contribution in [0.15, 0.2) is 18.2 Å². The van der Waals surface area contributed by atoms with E-state index in [-0.39, 0.29) is 17.1 Å². The number of carboxylic acid groups (broad SMARTS) is 1. The number of rotatable bonds is 2. The number of fused-ring (bicyclic) bond motifs is 1. The van der Waals surface area contributed by atoms with Crippen LogP contribution in [-0.2, 0) is 9.59 Å². The Kier molecular flexibility index (Phi) is 2.43. The van der Waals surface area contributed by atoms with Crippen LogP contribution in [0.5, 0.6) is 5.75 Å². The number of nitro benzene ring substituents is 1. The third-order valence-electron chi connectivity index (χ3n) is 2.58. The molecule has 1 aliphatic rings. The Hall–Kier alpha value is -2.64. The highest BCUT2D eigenvalue weighted by atomic mass is 16.6. The van der Waals surface area contributed by atoms with Gasteiger partial charge in [-0.15, -0.1) is 0 Å². The van der Waals surface area contributed by atoms with Gasteiger partial charge >= 0.3 is 5.97 Å². The Morgan fingerprint density at radius 3 is 2.78 bits per heavy atom. The Bertz CT molecular complexity index is 569. The number of nitrogens with one attached hydrogen (secondary N) is 1. The van der Waals surface area contributed by atoms with Crippen LogP contribution in [0.3, 0.4) is 0 Å². The summed E-state index contributed by atoms with van der Waals surface area (Å²) in [5.74, 6) is -2.25. The molecule has 0 bridgehead atoms. The van der Waals surface area contributed by atoms with E-state index >= 15 is 0 Å². The van der Waals surface area contributed by atoms with Gasteiger partial charge in [-0.3, -0.25) is 14.9 Å². The minimum Gasteiger partial charge on any atom is -0.478 e. The zero-order valence-electron chi connectivity index (χ0n) is 9.17. The van der Waals surface area contributed by atoms with Gasteiger partial charge in [-0.1, -0.05) is 0 Å². The molecule has 1 aromatic carbocycles. The molecule has 94 valence electrons. The van der Waals surface area contributed by atoms with Crippen molar-refractivity contribution in [2.24, 2.45) is 0 Å². The summed E-state index contributed by atoms with van der Waals surface area (Å²) in [5.41, 5.74) is -2.19. The molecule has 2 N–H and O–H groups in total. The number of benzene rings is 1. The third kappa shape index (κ3) is 1.63. The molecule has 8 heteroatoms. The minimum atomic E-state index is -2.04. The number of hydrogen-bond donors (Lipinski definition) is 2. The van der Waals surface area contributed by atoms with Gasteiger partial charge in [0.25, 0.3) is 17.2 Å². The largest absolute Gasteiger partial charge is 0.478 e. The molecular formula is C10H8N2O6. The number of nitrogens with zero attached hydrogens (tertiary/aromatic N) is 1. The first-order valence-electron chi connectivity index (χ1n) is 4.87. The van der Waals surface area contributed by atoms with E-state index in [9.17, 15) is 19.7 Å². The van der Waals surface area contributed by atoms with Gasteiger partial charge in [0.05, 0.1) is 10.6 Å². The number of anilines is 1. The average molecular weight is 252 g/mol. The van der Waals surface area contributed by atoms with E-state index in [1.165, 1.54) is 12.1 Å². The Morgan fingerprint density at radius 2 is 2.22 bits per heavy atom. The smallest absolute Gasteiger partial charge is 0.357 e. The summed E-state index contributed by atoms with van der Waals surface area (Å²) in [6.45, 7) is 1.11. The van der Waals surface area contributed by atoms with Crippen molar-refractivity contribution in [2.45, 2.75) is 12.5 Å². The van der Waals surface area contributed by atoms with Crippen LogP contribution in [0.1, 0.15) is 6.92 Å². The first-order valence-corrected chi connectivity index (χ1v) is 4.87. The van der Waals surface area contributed by atoms with Gasteiger partial charge in [-0.25, -0.2) is 4.79 Å². The van der Waals surface area contributed by atoms with Gasteiger partial charge < -0.3 is 15.2 Å². The first kappa shape index (κ1) is 11.8. The Labute approximate surface area is 100 Å². The SMILES string of the molecule is C[C@]1(C(=O)O)Oc2ccc([N+](=O)[O-])cc2NC1=O. The van der Waals surface area contributed by atoms with Crippen LogP contribution < -0.4 is 10.1 Å². The fraction of sp³-hybridized carbons (Fsp3) is 0.200. The van der Waals surface area contributed by atoms with Gasteiger partial charge in [-0.05, 0) is 13.0 Å². The maximum atomic E-state index is 11.6. The summed E-state index contributed by atoms with van der Waals surface area (Å²) >= 11 is 0. The van der Waals surface area contributed by atoms with Gasteiger partial charge in [0.2, 0.25) is 0 Å². The summed E-state index contributed by atoms with van der Waals surface area (Å²) in [4.78, 5) is 32.5. The second-order valence-corrected chi connectivity index (χ2v) is 3.83. The lowest BCUT2D eigenvalue weighted by Crippen LogP contribution is -2.54. The Morgan fingerprint density at radius 1 is 1.56 bits per heavy atom. The Balaban J connectivity index is 2.46. The van der Waals surface area contributed by atoms with Crippen LogP contribution in [0, 0.1) is 10.1 Å². The summed E-state index contributed by atoms with van der Waals surface area (Å²) in [7, 11) is 0. The topological polar surface area (TPSA) is 119 Å². The van der Waals surface area contributed by atoms with Gasteiger partial charge in [0.1, 0.15) is 5.75 Å². The molecule has 1 aliphatic heterocycles. The predicted octanol–water partition coefficient (Wildman–Crippen LogP) is 0.769. The van der Waals surface area contributed by atoms with E-state index in [1.807, 2.05) is 0 Å². The van der Waals surface area contributed by atoms with Gasteiger partial charge in [0.15, 0.2) is 0 Å². The lowest BCUT2D eigenvalue weighted by Gasteiger charge is -2.30. The van der Waals surface area contributed by atoms with Crippen molar-refractivity contribution in [1.82, 2.24) is 0 Å². The molecule has 0 saturated carbocycles. The second-order valence-electron chi connectivity index (χ2n) is 3.83. The van der Waals surface area contributed by atoms with Crippen LogP contribution in [-0.4, -0.2) is 27.5 Å². The average Bonchev–Trinajstić information content (AvgIpc) is 2.29. The quantitative estimate of drug-likeness (QED) is 0.455. The molecule has 0 aromatic heterocycles. The molecule has 1 amide bonds. The number of nitro groups is 1. The van der Waals surface area contributed by atoms with Crippen molar-refractivity contribution in [3.63, 3.8) is 0 Å². The van der Waals surface area contributed by atoms with E-state index in [4.69, 9.17) is 9.84 Å². The molecule has 1 atom stereocenters. The molecule has 18 heavy (non-hydrogen) atoms. The molecule has 0 unspecified atom stereocenters. The number of aliphatic carboxylic acids is 1. The van der Waals surface area contributed by atoms with Crippen molar-refractivity contribution >= 4 is 23.3 Å². The van der Waals surface area contributed by atoms with E-state index in [1.54, 1.807) is 0 Å². The second kappa shape index (κ2) is 3.69. The molecular weight excluding hydrogens is 244 g/mol. The first-order chi connectivity index (χ1) is 8.34. The fourth-order valence-corrected chi connectivity index (χ4v) is 1.47. The highest BCUT2D eigenvalue weighted by Gasteiger charge is 2.47. The lowest BCUT2D eigenvalue weighted by atomic mass is 10.0. The number of non-ortho nitro benzene ring substituents is 1. The number of carboxylic acids is 1. The highest BCUT2D eigenvalue weighted by molar-refractivity contribution is 6.13. The number of hydrogen-bond acceptors (Lipinski definition) is 5. The van der Waals surface area contributed by atoms with Crippen molar-refractivity contribution in [3.8, 4) is 5.75 Å². The monoisotopic (exact) mass is 252 g/mol. The number of carbonyl (C=O) groups is 2. The zero-order valence-corrected chi connectivity index (χ0v) is 9.17. The molecule has 2 rings (SSSR count). The summed E-state index contributed by atoms with van der Waals surface area (Å²) in [6, 6.07) is 3.52. The zero-order chi connectivity index (χ0) is 13.5. The molecule has 8 nitrogen and oxygen atoms in total. The van der Waals surface area contributed by atoms with Crippen molar-refractivity contribution in [1.29, 1.82) is 0 Å². The van der Waals surface area contributed by atoms with E-state index in [0.717, 1.165) is 13.0 Å². The van der Waals surface area contributed by atoms with Crippen LogP contribution in [0.4, 0.5) is 11.4 Å². The summed E-state index contributed by atoms with van der Waals surface area (Å²) < 4.78 is 5.09. The molecule has 0 fully saturated rings. The maximum absolute atomic E-state index is 11.6. The minimum absolute atomic E-state index is 0.0742. The van der Waals surface area contributed by atoms with E-state index in [2.05, 4.69) is 5.32 Å². The molecule has 1 aromatic rings. The fourth-order valence-electron chi connectivity index (χ4n) is 1.47. The predicted molar refractivity (Wildman–Crippen MR) is 58.4 cm³/mol. The molecule has 0 radical (unpaired) electrons. The normalized spacial score (nSPS) is 21.5. The van der Waals surface area contributed by atoms with E-state index < -0.39 is 22.4 Å². The number of carbonyl (C=O) groups excluding carboxylic acids is 1. The maximum Gasteiger partial charge on any atom is 0.357 e. The van der Waals surface area contributed by atoms with Crippen molar-refractivity contribution < 1.29 is 24.4 Å². The van der Waals surface area contributed by atoms with E-state index in [0.29, 0.717) is 0 Å². The third-order valence-corrected chi connectivity index (χ3v) is 2.58. The lowest BCUT2D eigenvalue weighted by molar-refractivity contribution is -0.384. The summed E-state index contributed by atoms with van der Waals surface area (Å²) in [5, 5.41) is 21.8. The van der Waals surface area contributed by atoms with Crippen molar-refractivity contribution in [2.75, 3.05) is 5.32 Å². The van der Waals surface area contributed by atoms with Crippen LogP contribution >= 0.6 is 0 Å². The van der Waals surface area contributed by atoms with Crippen LogP contribution in [0.25, 0.3) is 0 Å². The van der Waals surface area contributed by atoms with Crippen LogP contribution in [0.2, 0.25) is 0 Å². The molecule has 1 heterocycles. The number of amides is 1. The highest BCUT2D eigenvalue weighted by Crippen LogP contribution is 2.36. The summed E-state index contributed by atoms with van der Waals surface area (Å²) in [6.07, 6.45) is 0. The van der Waals surface area contributed by atoms with Gasteiger partial charge in [0, 0.05) is 12.1 Å². The molecule has 0 aliphatic carbocycles. The molecule has 0 spiro atoms. The number of ether oxygens (including phenoxy) is 1. The molecule has 0 saturated heterocycles. The van der Waals surface area contributed by atoms with Gasteiger partial charge in [-0.2, -0.15) is 0 Å².